The van der Waals surface area contributed by atoms with E-state index in [9.17, 15) is 5.11 Å². The van der Waals surface area contributed by atoms with Gasteiger partial charge in [-0.2, -0.15) is 5.26 Å². The van der Waals surface area contributed by atoms with Crippen LogP contribution in [0.15, 0.2) is 18.2 Å². The van der Waals surface area contributed by atoms with Gasteiger partial charge in [0, 0.05) is 37.4 Å². The van der Waals surface area contributed by atoms with Gasteiger partial charge in [0.15, 0.2) is 0 Å². The van der Waals surface area contributed by atoms with Gasteiger partial charge < -0.3 is 10.0 Å². The van der Waals surface area contributed by atoms with Crippen LogP contribution in [-0.2, 0) is 0 Å². The molecular weight excluding hydrogens is 250 g/mol. The van der Waals surface area contributed by atoms with E-state index in [4.69, 9.17) is 5.26 Å². The first-order valence-electron chi connectivity index (χ1n) is 7.35. The molecule has 4 heteroatoms. The highest BCUT2D eigenvalue weighted by Crippen LogP contribution is 2.28. The Morgan fingerprint density at radius 2 is 2.00 bits per heavy atom. The fraction of sp³-hybridized carbons (Fsp3) is 0.562. The Labute approximate surface area is 121 Å². The molecule has 108 valence electrons. The molecule has 0 saturated carbocycles. The van der Waals surface area contributed by atoms with Gasteiger partial charge in [0.05, 0.1) is 17.7 Å². The molecule has 1 aromatic carbocycles. The van der Waals surface area contributed by atoms with Crippen LogP contribution in [0.2, 0.25) is 0 Å². The normalized spacial score (nSPS) is 17.8. The molecule has 0 aliphatic carbocycles. The molecule has 0 amide bonds. The third-order valence-corrected chi connectivity index (χ3v) is 3.86. The van der Waals surface area contributed by atoms with Crippen LogP contribution in [0.4, 0.5) is 5.69 Å². The molecule has 1 aliphatic rings. The lowest BCUT2D eigenvalue weighted by atomic mass is 10.0. The molecule has 20 heavy (non-hydrogen) atoms. The van der Waals surface area contributed by atoms with Crippen molar-refractivity contribution in [3.05, 3.63) is 29.3 Å². The number of benzene rings is 1. The molecule has 0 unspecified atom stereocenters. The molecule has 1 saturated heterocycles. The van der Waals surface area contributed by atoms with Crippen molar-refractivity contribution in [3.8, 4) is 6.07 Å². The van der Waals surface area contributed by atoms with Crippen LogP contribution < -0.4 is 4.90 Å². The maximum absolute atomic E-state index is 9.92. The zero-order valence-electron chi connectivity index (χ0n) is 12.3. The number of hydrogen-bond acceptors (Lipinski definition) is 4. The van der Waals surface area contributed by atoms with Crippen molar-refractivity contribution in [3.63, 3.8) is 0 Å². The highest BCUT2D eigenvalue weighted by atomic mass is 16.3. The summed E-state index contributed by atoms with van der Waals surface area (Å²) in [6, 6.07) is 7.73. The summed E-state index contributed by atoms with van der Waals surface area (Å²) in [5.74, 6) is 0. The van der Waals surface area contributed by atoms with Crippen molar-refractivity contribution >= 4 is 5.69 Å². The monoisotopic (exact) mass is 273 g/mol. The summed E-state index contributed by atoms with van der Waals surface area (Å²) in [4.78, 5) is 4.75. The van der Waals surface area contributed by atoms with Crippen molar-refractivity contribution in [2.45, 2.75) is 26.4 Å². The number of anilines is 1. The summed E-state index contributed by atoms with van der Waals surface area (Å²) in [7, 11) is 0. The minimum atomic E-state index is -0.508. The number of aliphatic hydroxyl groups is 1. The van der Waals surface area contributed by atoms with Crippen molar-refractivity contribution in [2.75, 3.05) is 37.6 Å². The van der Waals surface area contributed by atoms with Crippen LogP contribution in [0, 0.1) is 11.3 Å². The summed E-state index contributed by atoms with van der Waals surface area (Å²) in [5.41, 5.74) is 2.57. The van der Waals surface area contributed by atoms with E-state index >= 15 is 0 Å². The van der Waals surface area contributed by atoms with Gasteiger partial charge in [-0.15, -0.1) is 0 Å². The van der Waals surface area contributed by atoms with E-state index < -0.39 is 6.10 Å². The fourth-order valence-electron chi connectivity index (χ4n) is 2.77. The van der Waals surface area contributed by atoms with Gasteiger partial charge in [-0.1, -0.05) is 13.0 Å². The average molecular weight is 273 g/mol. The summed E-state index contributed by atoms with van der Waals surface area (Å²) >= 11 is 0. The number of nitrogens with zero attached hydrogens (tertiary/aromatic N) is 3. The van der Waals surface area contributed by atoms with Crippen LogP contribution >= 0.6 is 0 Å². The second-order valence-electron chi connectivity index (χ2n) is 5.39. The van der Waals surface area contributed by atoms with Gasteiger partial charge in [0.1, 0.15) is 0 Å². The molecule has 0 bridgehead atoms. The largest absolute Gasteiger partial charge is 0.389 e. The van der Waals surface area contributed by atoms with Crippen molar-refractivity contribution in [1.82, 2.24) is 4.90 Å². The highest BCUT2D eigenvalue weighted by molar-refractivity contribution is 5.58. The molecule has 0 spiro atoms. The minimum Gasteiger partial charge on any atom is -0.389 e. The zero-order valence-corrected chi connectivity index (χ0v) is 12.3. The molecule has 1 N–H and O–H groups in total. The highest BCUT2D eigenvalue weighted by Gasteiger charge is 2.20. The number of nitriles is 1. The Hall–Kier alpha value is -1.57. The SMILES string of the molecule is CCCN1CCN(c2cc(C#N)ccc2[C@H](C)O)CC1. The number of aliphatic hydroxyl groups excluding tert-OH is 1. The molecule has 1 heterocycles. The smallest absolute Gasteiger partial charge is 0.0992 e. The Morgan fingerprint density at radius 1 is 1.30 bits per heavy atom. The van der Waals surface area contributed by atoms with Gasteiger partial charge in [0.25, 0.3) is 0 Å². The van der Waals surface area contributed by atoms with E-state index in [1.807, 2.05) is 12.1 Å². The fourth-order valence-corrected chi connectivity index (χ4v) is 2.77. The molecule has 0 radical (unpaired) electrons. The van der Waals surface area contributed by atoms with Gasteiger partial charge in [-0.3, -0.25) is 4.90 Å². The van der Waals surface area contributed by atoms with Crippen molar-refractivity contribution in [1.29, 1.82) is 5.26 Å². The molecule has 4 nitrogen and oxygen atoms in total. The summed E-state index contributed by atoms with van der Waals surface area (Å²) in [6.07, 6.45) is 0.675. The predicted octanol–water partition coefficient (Wildman–Crippen LogP) is 2.14. The molecule has 1 aliphatic heterocycles. The molecule has 1 atom stereocenters. The summed E-state index contributed by atoms with van der Waals surface area (Å²) in [5, 5.41) is 19.0. The van der Waals surface area contributed by atoms with E-state index in [1.54, 1.807) is 13.0 Å². The van der Waals surface area contributed by atoms with E-state index in [0.29, 0.717) is 5.56 Å². The van der Waals surface area contributed by atoms with Gasteiger partial charge in [0.2, 0.25) is 0 Å². The van der Waals surface area contributed by atoms with Crippen LogP contribution in [0.5, 0.6) is 0 Å². The van der Waals surface area contributed by atoms with Gasteiger partial charge in [-0.05, 0) is 32.0 Å². The first kappa shape index (κ1) is 14.8. The van der Waals surface area contributed by atoms with E-state index in [-0.39, 0.29) is 0 Å². The zero-order chi connectivity index (χ0) is 14.5. The lowest BCUT2D eigenvalue weighted by molar-refractivity contribution is 0.199. The summed E-state index contributed by atoms with van der Waals surface area (Å²) in [6.45, 7) is 9.12. The maximum atomic E-state index is 9.92. The molecule has 0 aromatic heterocycles. The van der Waals surface area contributed by atoms with Crippen molar-refractivity contribution in [2.24, 2.45) is 0 Å². The predicted molar refractivity (Wildman–Crippen MR) is 80.7 cm³/mol. The molecular formula is C16H23N3O. The van der Waals surface area contributed by atoms with Crippen molar-refractivity contribution < 1.29 is 5.11 Å². The second-order valence-corrected chi connectivity index (χ2v) is 5.39. The van der Waals surface area contributed by atoms with Crippen LogP contribution in [0.3, 0.4) is 0 Å². The molecule has 1 aromatic rings. The van der Waals surface area contributed by atoms with Crippen LogP contribution in [0.1, 0.15) is 37.5 Å². The lowest BCUT2D eigenvalue weighted by Gasteiger charge is -2.37. The number of rotatable bonds is 4. The van der Waals surface area contributed by atoms with E-state index in [0.717, 1.165) is 44.0 Å². The third-order valence-electron chi connectivity index (χ3n) is 3.86. The first-order chi connectivity index (χ1) is 9.65. The van der Waals surface area contributed by atoms with Crippen LogP contribution in [-0.4, -0.2) is 42.7 Å². The van der Waals surface area contributed by atoms with Gasteiger partial charge in [-0.25, -0.2) is 0 Å². The molecule has 2 rings (SSSR count). The first-order valence-corrected chi connectivity index (χ1v) is 7.35. The standard InChI is InChI=1S/C16H23N3O/c1-3-6-18-7-9-19(10-8-18)16-11-14(12-17)4-5-15(16)13(2)20/h4-5,11,13,20H,3,6-10H2,1-2H3/t13-/m0/s1. The second kappa shape index (κ2) is 6.74. The van der Waals surface area contributed by atoms with Crippen LogP contribution in [0.25, 0.3) is 0 Å². The quantitative estimate of drug-likeness (QED) is 0.913. The van der Waals surface area contributed by atoms with Gasteiger partial charge >= 0.3 is 0 Å². The number of piperazine rings is 1. The summed E-state index contributed by atoms with van der Waals surface area (Å²) < 4.78 is 0. The maximum Gasteiger partial charge on any atom is 0.0992 e. The minimum absolute atomic E-state index is 0.508. The Balaban J connectivity index is 2.18. The Bertz CT molecular complexity index is 485. The van der Waals surface area contributed by atoms with E-state index in [1.165, 1.54) is 6.42 Å². The average Bonchev–Trinajstić information content (AvgIpc) is 2.47. The number of hydrogen-bond donors (Lipinski definition) is 1. The molecule has 1 fully saturated rings. The Kier molecular flexibility index (Phi) is 4.99. The Morgan fingerprint density at radius 3 is 2.55 bits per heavy atom. The third kappa shape index (κ3) is 3.30. The topological polar surface area (TPSA) is 50.5 Å². The van der Waals surface area contributed by atoms with E-state index in [2.05, 4.69) is 22.8 Å². The lowest BCUT2D eigenvalue weighted by Crippen LogP contribution is -2.46.